The fourth-order valence-corrected chi connectivity index (χ4v) is 2.16. The maximum atomic E-state index is 11.3. The molecule has 16 heavy (non-hydrogen) atoms. The fourth-order valence-electron chi connectivity index (χ4n) is 1.45. The summed E-state index contributed by atoms with van der Waals surface area (Å²) in [5.74, 6) is 0. The van der Waals surface area contributed by atoms with Crippen LogP contribution in [0, 0.1) is 0 Å². The summed E-state index contributed by atoms with van der Waals surface area (Å²) >= 11 is 0. The minimum Gasteiger partial charge on any atom is -0.243 e. The summed E-state index contributed by atoms with van der Waals surface area (Å²) in [6.07, 6.45) is 1.41. The first-order valence-corrected chi connectivity index (χ1v) is 6.17. The van der Waals surface area contributed by atoms with Gasteiger partial charge in [-0.25, -0.2) is 18.5 Å². The SMILES string of the molecule is NS(=O)(=O)c1ncccc1-c1ccccc1. The third-order valence-electron chi connectivity index (χ3n) is 2.13. The molecule has 0 atom stereocenters. The van der Waals surface area contributed by atoms with Crippen molar-refractivity contribution in [2.45, 2.75) is 5.03 Å². The van der Waals surface area contributed by atoms with E-state index in [1.807, 2.05) is 30.3 Å². The molecule has 2 aromatic rings. The lowest BCUT2D eigenvalue weighted by molar-refractivity contribution is 0.594. The van der Waals surface area contributed by atoms with Gasteiger partial charge in [0.25, 0.3) is 10.0 Å². The van der Waals surface area contributed by atoms with Crippen LogP contribution in [0.2, 0.25) is 0 Å². The maximum absolute atomic E-state index is 11.3. The molecule has 0 aliphatic heterocycles. The molecule has 0 aliphatic rings. The summed E-state index contributed by atoms with van der Waals surface area (Å²) in [6.45, 7) is 0. The second-order valence-electron chi connectivity index (χ2n) is 3.27. The quantitative estimate of drug-likeness (QED) is 0.853. The average Bonchev–Trinajstić information content (AvgIpc) is 2.29. The topological polar surface area (TPSA) is 73.1 Å². The number of nitrogens with two attached hydrogens (primary N) is 1. The number of primary sulfonamides is 1. The minimum atomic E-state index is -3.79. The zero-order valence-corrected chi connectivity index (χ0v) is 9.18. The molecule has 0 radical (unpaired) electrons. The summed E-state index contributed by atoms with van der Waals surface area (Å²) in [7, 11) is -3.79. The molecule has 0 aliphatic carbocycles. The van der Waals surface area contributed by atoms with Crippen molar-refractivity contribution in [2.24, 2.45) is 5.14 Å². The molecule has 1 aromatic carbocycles. The zero-order chi connectivity index (χ0) is 11.6. The lowest BCUT2D eigenvalue weighted by Gasteiger charge is -2.05. The molecule has 0 amide bonds. The van der Waals surface area contributed by atoms with E-state index >= 15 is 0 Å². The Morgan fingerprint density at radius 2 is 1.69 bits per heavy atom. The number of hydrogen-bond donors (Lipinski definition) is 1. The number of hydrogen-bond acceptors (Lipinski definition) is 3. The predicted molar refractivity (Wildman–Crippen MR) is 61.0 cm³/mol. The number of benzene rings is 1. The Kier molecular flexibility index (Phi) is 2.72. The van der Waals surface area contributed by atoms with Crippen molar-refractivity contribution in [1.82, 2.24) is 4.98 Å². The van der Waals surface area contributed by atoms with Gasteiger partial charge < -0.3 is 0 Å². The number of sulfonamides is 1. The van der Waals surface area contributed by atoms with Crippen molar-refractivity contribution < 1.29 is 8.42 Å². The van der Waals surface area contributed by atoms with Crippen LogP contribution in [-0.4, -0.2) is 13.4 Å². The molecule has 1 aromatic heterocycles. The van der Waals surface area contributed by atoms with Gasteiger partial charge >= 0.3 is 0 Å². The van der Waals surface area contributed by atoms with Crippen molar-refractivity contribution in [2.75, 3.05) is 0 Å². The van der Waals surface area contributed by atoms with Crippen LogP contribution in [0.15, 0.2) is 53.7 Å². The Labute approximate surface area is 93.8 Å². The normalized spacial score (nSPS) is 11.3. The first-order chi connectivity index (χ1) is 7.59. The molecule has 0 bridgehead atoms. The molecule has 0 unspecified atom stereocenters. The van der Waals surface area contributed by atoms with E-state index in [-0.39, 0.29) is 5.03 Å². The summed E-state index contributed by atoms with van der Waals surface area (Å²) < 4.78 is 22.7. The van der Waals surface area contributed by atoms with E-state index < -0.39 is 10.0 Å². The van der Waals surface area contributed by atoms with Gasteiger partial charge in [0.1, 0.15) is 0 Å². The zero-order valence-electron chi connectivity index (χ0n) is 8.37. The van der Waals surface area contributed by atoms with E-state index in [2.05, 4.69) is 4.98 Å². The third-order valence-corrected chi connectivity index (χ3v) is 2.99. The molecule has 5 heteroatoms. The number of nitrogens with zero attached hydrogens (tertiary/aromatic N) is 1. The van der Waals surface area contributed by atoms with E-state index in [0.29, 0.717) is 5.56 Å². The largest absolute Gasteiger partial charge is 0.256 e. The molecule has 2 N–H and O–H groups in total. The first-order valence-electron chi connectivity index (χ1n) is 4.62. The molecule has 0 saturated carbocycles. The van der Waals surface area contributed by atoms with Crippen LogP contribution in [0.5, 0.6) is 0 Å². The first kappa shape index (κ1) is 10.8. The Hall–Kier alpha value is -1.72. The summed E-state index contributed by atoms with van der Waals surface area (Å²) in [5.41, 5.74) is 1.30. The van der Waals surface area contributed by atoms with Crippen LogP contribution >= 0.6 is 0 Å². The summed E-state index contributed by atoms with van der Waals surface area (Å²) in [4.78, 5) is 3.81. The van der Waals surface area contributed by atoms with Gasteiger partial charge in [0, 0.05) is 11.8 Å². The minimum absolute atomic E-state index is 0.0961. The highest BCUT2D eigenvalue weighted by molar-refractivity contribution is 7.89. The van der Waals surface area contributed by atoms with E-state index in [4.69, 9.17) is 5.14 Å². The molecule has 0 fully saturated rings. The highest BCUT2D eigenvalue weighted by Crippen LogP contribution is 2.23. The molecule has 0 saturated heterocycles. The summed E-state index contributed by atoms with van der Waals surface area (Å²) in [6, 6.07) is 12.5. The van der Waals surface area contributed by atoms with Crippen LogP contribution in [0.1, 0.15) is 0 Å². The Balaban J connectivity index is 2.68. The standard InChI is InChI=1S/C11H10N2O2S/c12-16(14,15)11-10(7-4-8-13-11)9-5-2-1-3-6-9/h1-8H,(H2,12,14,15). The predicted octanol–water partition coefficient (Wildman–Crippen LogP) is 1.40. The van der Waals surface area contributed by atoms with Gasteiger partial charge in [-0.2, -0.15) is 0 Å². The van der Waals surface area contributed by atoms with Crippen molar-refractivity contribution in [1.29, 1.82) is 0 Å². The Morgan fingerprint density at radius 3 is 2.31 bits per heavy atom. The molecule has 4 nitrogen and oxygen atoms in total. The average molecular weight is 234 g/mol. The Morgan fingerprint density at radius 1 is 1.00 bits per heavy atom. The van der Waals surface area contributed by atoms with Crippen molar-refractivity contribution in [3.8, 4) is 11.1 Å². The van der Waals surface area contributed by atoms with E-state index in [1.165, 1.54) is 6.20 Å². The van der Waals surface area contributed by atoms with Crippen LogP contribution < -0.4 is 5.14 Å². The van der Waals surface area contributed by atoms with E-state index in [0.717, 1.165) is 5.56 Å². The van der Waals surface area contributed by atoms with Crippen LogP contribution in [0.4, 0.5) is 0 Å². The summed E-state index contributed by atoms with van der Waals surface area (Å²) in [5, 5.41) is 5.01. The monoisotopic (exact) mass is 234 g/mol. The van der Waals surface area contributed by atoms with Gasteiger partial charge in [-0.05, 0) is 17.7 Å². The van der Waals surface area contributed by atoms with Crippen LogP contribution in [0.25, 0.3) is 11.1 Å². The lowest BCUT2D eigenvalue weighted by Crippen LogP contribution is -2.15. The Bertz CT molecular complexity index is 594. The molecule has 0 spiro atoms. The van der Waals surface area contributed by atoms with E-state index in [1.54, 1.807) is 12.1 Å². The molecule has 2 rings (SSSR count). The smallest absolute Gasteiger partial charge is 0.243 e. The molecular formula is C11H10N2O2S. The molecular weight excluding hydrogens is 224 g/mol. The highest BCUT2D eigenvalue weighted by atomic mass is 32.2. The van der Waals surface area contributed by atoms with Gasteiger partial charge in [0.05, 0.1) is 0 Å². The van der Waals surface area contributed by atoms with E-state index in [9.17, 15) is 8.42 Å². The van der Waals surface area contributed by atoms with Crippen molar-refractivity contribution >= 4 is 10.0 Å². The van der Waals surface area contributed by atoms with Crippen molar-refractivity contribution in [3.63, 3.8) is 0 Å². The number of pyridine rings is 1. The van der Waals surface area contributed by atoms with Gasteiger partial charge in [-0.1, -0.05) is 30.3 Å². The lowest BCUT2D eigenvalue weighted by atomic mass is 10.1. The maximum Gasteiger partial charge on any atom is 0.256 e. The highest BCUT2D eigenvalue weighted by Gasteiger charge is 2.15. The second kappa shape index (κ2) is 4.03. The third kappa shape index (κ3) is 2.10. The van der Waals surface area contributed by atoms with Gasteiger partial charge in [0.2, 0.25) is 0 Å². The molecule has 1 heterocycles. The van der Waals surface area contributed by atoms with Gasteiger partial charge in [-0.3, -0.25) is 0 Å². The van der Waals surface area contributed by atoms with Crippen LogP contribution in [-0.2, 0) is 10.0 Å². The fraction of sp³-hybridized carbons (Fsp3) is 0. The van der Waals surface area contributed by atoms with Crippen LogP contribution in [0.3, 0.4) is 0 Å². The van der Waals surface area contributed by atoms with Gasteiger partial charge in [0.15, 0.2) is 5.03 Å². The number of rotatable bonds is 2. The van der Waals surface area contributed by atoms with Gasteiger partial charge in [-0.15, -0.1) is 0 Å². The second-order valence-corrected chi connectivity index (χ2v) is 4.74. The molecule has 82 valence electrons. The number of aromatic nitrogens is 1. The van der Waals surface area contributed by atoms with Crippen molar-refractivity contribution in [3.05, 3.63) is 48.7 Å².